The summed E-state index contributed by atoms with van der Waals surface area (Å²) in [5.74, 6) is 0.507. The maximum Gasteiger partial charge on any atom is 0.308 e. The van der Waals surface area contributed by atoms with E-state index >= 15 is 0 Å². The molecule has 1 amide bonds. The first-order valence-corrected chi connectivity index (χ1v) is 12.2. The molecule has 2 aromatic carbocycles. The molecule has 1 aromatic heterocycles. The summed E-state index contributed by atoms with van der Waals surface area (Å²) in [4.78, 5) is 26.5. The molecule has 2 heterocycles. The largest absolute Gasteiger partial charge is 0.496 e. The van der Waals surface area contributed by atoms with Gasteiger partial charge in [-0.15, -0.1) is 0 Å². The van der Waals surface area contributed by atoms with Crippen molar-refractivity contribution in [3.8, 4) is 5.75 Å². The second-order valence-electron chi connectivity index (χ2n) is 7.31. The van der Waals surface area contributed by atoms with Crippen LogP contribution in [0.15, 0.2) is 52.2 Å². The molecule has 0 bridgehead atoms. The molecular formula is C21H23N3O5S2. The predicted octanol–water partition coefficient (Wildman–Crippen LogP) is 2.17. The summed E-state index contributed by atoms with van der Waals surface area (Å²) >= 11 is 0.939. The van der Waals surface area contributed by atoms with E-state index in [-0.39, 0.29) is 28.8 Å². The van der Waals surface area contributed by atoms with Gasteiger partial charge >= 0.3 is 4.87 Å². The number of hydrogen-bond donors (Lipinski definition) is 1. The van der Waals surface area contributed by atoms with Crippen molar-refractivity contribution in [1.82, 2.24) is 14.2 Å². The lowest BCUT2D eigenvalue weighted by Gasteiger charge is -2.15. The van der Waals surface area contributed by atoms with Crippen molar-refractivity contribution in [2.75, 3.05) is 20.2 Å². The van der Waals surface area contributed by atoms with Crippen LogP contribution >= 0.6 is 11.3 Å². The number of rotatable bonds is 7. The van der Waals surface area contributed by atoms with Crippen LogP contribution < -0.4 is 14.3 Å². The highest BCUT2D eigenvalue weighted by Gasteiger charge is 2.21. The van der Waals surface area contributed by atoms with Crippen LogP contribution in [0.3, 0.4) is 0 Å². The third-order valence-corrected chi connectivity index (χ3v) is 7.69. The van der Waals surface area contributed by atoms with E-state index in [9.17, 15) is 18.0 Å². The average Bonchev–Trinajstić information content (AvgIpc) is 3.41. The van der Waals surface area contributed by atoms with Gasteiger partial charge in [0.25, 0.3) is 0 Å². The summed E-state index contributed by atoms with van der Waals surface area (Å²) in [5.41, 5.74) is 1.28. The number of carbonyl (C=O) groups excluding carboxylic acids is 1. The number of thiazole rings is 1. The molecule has 1 fully saturated rings. The van der Waals surface area contributed by atoms with Gasteiger partial charge < -0.3 is 9.64 Å². The third-order valence-electron chi connectivity index (χ3n) is 5.35. The van der Waals surface area contributed by atoms with E-state index in [0.717, 1.165) is 37.3 Å². The normalized spacial score (nSPS) is 14.3. The fraction of sp³-hybridized carbons (Fsp3) is 0.333. The summed E-state index contributed by atoms with van der Waals surface area (Å²) in [6.07, 6.45) is 1.96. The summed E-state index contributed by atoms with van der Waals surface area (Å²) in [7, 11) is -2.27. The molecule has 0 saturated carbocycles. The van der Waals surface area contributed by atoms with Crippen LogP contribution in [0.1, 0.15) is 18.4 Å². The van der Waals surface area contributed by atoms with E-state index in [4.69, 9.17) is 4.74 Å². The maximum absolute atomic E-state index is 12.8. The van der Waals surface area contributed by atoms with Crippen LogP contribution in [-0.4, -0.2) is 44.0 Å². The second-order valence-corrected chi connectivity index (χ2v) is 10.1. The van der Waals surface area contributed by atoms with Gasteiger partial charge in [-0.25, -0.2) is 13.1 Å². The van der Waals surface area contributed by atoms with E-state index < -0.39 is 10.0 Å². The topological polar surface area (TPSA) is 97.7 Å². The fourth-order valence-corrected chi connectivity index (χ4v) is 5.71. The zero-order chi connectivity index (χ0) is 22.0. The molecule has 0 atom stereocenters. The highest BCUT2D eigenvalue weighted by molar-refractivity contribution is 7.89. The van der Waals surface area contributed by atoms with Gasteiger partial charge in [0.05, 0.1) is 22.2 Å². The van der Waals surface area contributed by atoms with Crippen molar-refractivity contribution in [2.45, 2.75) is 30.8 Å². The number of para-hydroxylation sites is 1. The summed E-state index contributed by atoms with van der Waals surface area (Å²) < 4.78 is 35.4. The van der Waals surface area contributed by atoms with Gasteiger partial charge in [0.1, 0.15) is 12.3 Å². The Balaban J connectivity index is 1.56. The lowest BCUT2D eigenvalue weighted by molar-refractivity contribution is -0.130. The molecule has 1 N–H and O–H groups in total. The first-order chi connectivity index (χ1) is 14.9. The Morgan fingerprint density at radius 2 is 1.90 bits per heavy atom. The van der Waals surface area contributed by atoms with Gasteiger partial charge in [0.15, 0.2) is 0 Å². The molecule has 0 aliphatic carbocycles. The average molecular weight is 462 g/mol. The summed E-state index contributed by atoms with van der Waals surface area (Å²) in [6.45, 7) is 1.48. The molecule has 8 nitrogen and oxygen atoms in total. The number of nitrogens with one attached hydrogen (secondary N) is 1. The van der Waals surface area contributed by atoms with E-state index in [1.165, 1.54) is 23.8 Å². The second kappa shape index (κ2) is 8.81. The molecular weight excluding hydrogens is 438 g/mol. The molecule has 31 heavy (non-hydrogen) atoms. The molecule has 164 valence electrons. The van der Waals surface area contributed by atoms with Crippen molar-refractivity contribution < 1.29 is 17.9 Å². The lowest BCUT2D eigenvalue weighted by atomic mass is 10.2. The number of carbonyl (C=O) groups is 1. The number of benzene rings is 2. The zero-order valence-corrected chi connectivity index (χ0v) is 18.7. The van der Waals surface area contributed by atoms with Crippen LogP contribution in [-0.2, 0) is 27.9 Å². The van der Waals surface area contributed by atoms with Gasteiger partial charge in [-0.3, -0.25) is 14.2 Å². The number of sulfonamides is 1. The van der Waals surface area contributed by atoms with Gasteiger partial charge in [0.2, 0.25) is 15.9 Å². The molecule has 0 spiro atoms. The number of aromatic nitrogens is 1. The van der Waals surface area contributed by atoms with Crippen LogP contribution in [0.5, 0.6) is 5.75 Å². The third kappa shape index (κ3) is 4.51. The number of ether oxygens (including phenoxy) is 1. The predicted molar refractivity (Wildman–Crippen MR) is 119 cm³/mol. The van der Waals surface area contributed by atoms with E-state index in [0.29, 0.717) is 21.5 Å². The molecule has 10 heteroatoms. The molecule has 3 aromatic rings. The van der Waals surface area contributed by atoms with Crippen molar-refractivity contribution in [3.05, 3.63) is 57.7 Å². The van der Waals surface area contributed by atoms with Crippen molar-refractivity contribution >= 4 is 37.5 Å². The molecule has 1 saturated heterocycles. The van der Waals surface area contributed by atoms with Crippen molar-refractivity contribution in [3.63, 3.8) is 0 Å². The smallest absolute Gasteiger partial charge is 0.308 e. The Morgan fingerprint density at radius 3 is 2.65 bits per heavy atom. The fourth-order valence-electron chi connectivity index (χ4n) is 3.67. The zero-order valence-electron chi connectivity index (χ0n) is 17.0. The van der Waals surface area contributed by atoms with Crippen molar-refractivity contribution in [1.29, 1.82) is 0 Å². The summed E-state index contributed by atoms with van der Waals surface area (Å²) in [5, 5.41) is 0. The number of hydrogen-bond acceptors (Lipinski definition) is 6. The molecule has 1 aliphatic heterocycles. The van der Waals surface area contributed by atoms with Gasteiger partial charge in [-0.2, -0.15) is 0 Å². The minimum atomic E-state index is -3.80. The van der Waals surface area contributed by atoms with Crippen LogP contribution in [0.2, 0.25) is 0 Å². The quantitative estimate of drug-likeness (QED) is 0.582. The highest BCUT2D eigenvalue weighted by Crippen LogP contribution is 2.23. The Hall–Kier alpha value is -2.69. The Labute approximate surface area is 184 Å². The maximum atomic E-state index is 12.8. The number of amides is 1. The Bertz CT molecular complexity index is 1270. The first kappa shape index (κ1) is 21.5. The molecule has 1 aliphatic rings. The Morgan fingerprint density at radius 1 is 1.16 bits per heavy atom. The van der Waals surface area contributed by atoms with Crippen LogP contribution in [0, 0.1) is 0 Å². The Kier molecular flexibility index (Phi) is 6.12. The standard InChI is InChI=1S/C21H23N3O5S2/c1-29-18-7-3-2-6-15(18)13-22-31(27,28)16-8-9-17-19(12-16)30-21(26)24(17)14-20(25)23-10-4-5-11-23/h2-3,6-9,12,22H,4-5,10-11,13-14H2,1H3. The SMILES string of the molecule is COc1ccccc1CNS(=O)(=O)c1ccc2c(c1)sc(=O)n2CC(=O)N1CCCC1. The van der Waals surface area contributed by atoms with Gasteiger partial charge in [-0.05, 0) is 37.1 Å². The van der Waals surface area contributed by atoms with Crippen LogP contribution in [0.25, 0.3) is 10.2 Å². The minimum absolute atomic E-state index is 0.0308. The number of likely N-dealkylation sites (tertiary alicyclic amines) is 1. The molecule has 4 rings (SSSR count). The lowest BCUT2D eigenvalue weighted by Crippen LogP contribution is -2.33. The number of methoxy groups -OCH3 is 1. The molecule has 0 unspecified atom stereocenters. The highest BCUT2D eigenvalue weighted by atomic mass is 32.2. The monoisotopic (exact) mass is 461 g/mol. The van der Waals surface area contributed by atoms with Gasteiger partial charge in [-0.1, -0.05) is 29.5 Å². The first-order valence-electron chi connectivity index (χ1n) is 9.92. The van der Waals surface area contributed by atoms with E-state index in [2.05, 4.69) is 4.72 Å². The van der Waals surface area contributed by atoms with Gasteiger partial charge in [0, 0.05) is 25.2 Å². The molecule has 0 radical (unpaired) electrons. The van der Waals surface area contributed by atoms with Crippen molar-refractivity contribution in [2.24, 2.45) is 0 Å². The van der Waals surface area contributed by atoms with E-state index in [1.54, 1.807) is 23.1 Å². The van der Waals surface area contributed by atoms with E-state index in [1.807, 2.05) is 12.1 Å². The number of nitrogens with zero attached hydrogens (tertiary/aromatic N) is 2. The number of fused-ring (bicyclic) bond motifs is 1. The summed E-state index contributed by atoms with van der Waals surface area (Å²) in [6, 6.07) is 11.7. The minimum Gasteiger partial charge on any atom is -0.496 e. The van der Waals surface area contributed by atoms with Crippen LogP contribution in [0.4, 0.5) is 0 Å².